The summed E-state index contributed by atoms with van der Waals surface area (Å²) >= 11 is 0. The molecule has 0 radical (unpaired) electrons. The van der Waals surface area contributed by atoms with Gasteiger partial charge in [0.05, 0.1) is 6.61 Å². The number of nitrogens with zero attached hydrogens (tertiary/aromatic N) is 1. The van der Waals surface area contributed by atoms with E-state index in [1.54, 1.807) is 12.0 Å². The summed E-state index contributed by atoms with van der Waals surface area (Å²) < 4.78 is 31.9. The number of nitrogens with two attached hydrogens (primary N) is 1. The number of likely N-dealkylation sites (tertiary alicyclic amines) is 1. The fourth-order valence-corrected chi connectivity index (χ4v) is 2.51. The van der Waals surface area contributed by atoms with Crippen molar-refractivity contribution in [2.75, 3.05) is 32.5 Å². The number of anilines is 1. The van der Waals surface area contributed by atoms with E-state index < -0.39 is 17.3 Å². The number of rotatable bonds is 3. The van der Waals surface area contributed by atoms with Crippen molar-refractivity contribution in [3.05, 3.63) is 29.3 Å². The Morgan fingerprint density at radius 2 is 2.10 bits per heavy atom. The zero-order valence-corrected chi connectivity index (χ0v) is 11.4. The number of halogens is 2. The summed E-state index contributed by atoms with van der Waals surface area (Å²) in [6.45, 7) is 1.71. The van der Waals surface area contributed by atoms with Gasteiger partial charge in [-0.15, -0.1) is 0 Å². The Morgan fingerprint density at radius 1 is 1.45 bits per heavy atom. The molecule has 1 heterocycles. The number of carbonyl (C=O) groups is 1. The second-order valence-corrected chi connectivity index (χ2v) is 5.07. The Labute approximate surface area is 116 Å². The van der Waals surface area contributed by atoms with Crippen molar-refractivity contribution in [1.82, 2.24) is 4.90 Å². The second-order valence-electron chi connectivity index (χ2n) is 5.07. The number of hydrogen-bond acceptors (Lipinski definition) is 3. The smallest absolute Gasteiger partial charge is 0.254 e. The first kappa shape index (κ1) is 14.7. The predicted octanol–water partition coefficient (Wildman–Crippen LogP) is 2.05. The molecule has 1 saturated heterocycles. The van der Waals surface area contributed by atoms with E-state index in [9.17, 15) is 13.6 Å². The number of benzene rings is 1. The average Bonchev–Trinajstić information content (AvgIpc) is 2.44. The minimum atomic E-state index is -0.904. The fourth-order valence-electron chi connectivity index (χ4n) is 2.51. The summed E-state index contributed by atoms with van der Waals surface area (Å²) in [6, 6.07) is 1.97. The van der Waals surface area contributed by atoms with Gasteiger partial charge in [-0.25, -0.2) is 8.78 Å². The normalized spacial score (nSPS) is 19.1. The van der Waals surface area contributed by atoms with Crippen molar-refractivity contribution in [3.63, 3.8) is 0 Å². The lowest BCUT2D eigenvalue weighted by molar-refractivity contribution is 0.0570. The first-order valence-electron chi connectivity index (χ1n) is 6.55. The van der Waals surface area contributed by atoms with Gasteiger partial charge in [0.25, 0.3) is 5.91 Å². The first-order chi connectivity index (χ1) is 9.52. The summed E-state index contributed by atoms with van der Waals surface area (Å²) in [4.78, 5) is 13.9. The van der Waals surface area contributed by atoms with Crippen LogP contribution in [0.25, 0.3) is 0 Å². The number of nitrogen functional groups attached to an aromatic ring is 1. The molecule has 110 valence electrons. The minimum Gasteiger partial charge on any atom is -0.394 e. The molecule has 1 aromatic carbocycles. The average molecular weight is 284 g/mol. The van der Waals surface area contributed by atoms with Gasteiger partial charge >= 0.3 is 0 Å². The van der Waals surface area contributed by atoms with Crippen LogP contribution in [-0.4, -0.2) is 37.6 Å². The number of piperidine rings is 1. The van der Waals surface area contributed by atoms with Crippen molar-refractivity contribution in [3.8, 4) is 0 Å². The number of amides is 1. The van der Waals surface area contributed by atoms with Crippen LogP contribution in [0.3, 0.4) is 0 Å². The monoisotopic (exact) mass is 284 g/mol. The van der Waals surface area contributed by atoms with Gasteiger partial charge in [-0.05, 0) is 30.9 Å². The fraction of sp³-hybridized carbons (Fsp3) is 0.500. The number of methoxy groups -OCH3 is 1. The van der Waals surface area contributed by atoms with Crippen molar-refractivity contribution in [2.45, 2.75) is 12.8 Å². The van der Waals surface area contributed by atoms with Gasteiger partial charge in [0.2, 0.25) is 0 Å². The van der Waals surface area contributed by atoms with Crippen molar-refractivity contribution in [1.29, 1.82) is 0 Å². The molecule has 1 atom stereocenters. The lowest BCUT2D eigenvalue weighted by Crippen LogP contribution is -2.41. The van der Waals surface area contributed by atoms with E-state index >= 15 is 0 Å². The highest BCUT2D eigenvalue weighted by Gasteiger charge is 2.25. The van der Waals surface area contributed by atoms with Gasteiger partial charge in [-0.1, -0.05) is 0 Å². The maximum absolute atomic E-state index is 13.4. The minimum absolute atomic E-state index is 0.00716. The molecule has 1 aromatic rings. The van der Waals surface area contributed by atoms with E-state index in [1.165, 1.54) is 0 Å². The van der Waals surface area contributed by atoms with E-state index in [4.69, 9.17) is 10.5 Å². The Morgan fingerprint density at radius 3 is 2.70 bits per heavy atom. The third-order valence-electron chi connectivity index (χ3n) is 3.53. The molecule has 6 heteroatoms. The van der Waals surface area contributed by atoms with Crippen molar-refractivity contribution >= 4 is 11.6 Å². The van der Waals surface area contributed by atoms with Crippen LogP contribution in [0.15, 0.2) is 12.1 Å². The van der Waals surface area contributed by atoms with E-state index in [1.807, 2.05) is 0 Å². The van der Waals surface area contributed by atoms with Crippen molar-refractivity contribution in [2.24, 2.45) is 5.92 Å². The quantitative estimate of drug-likeness (QED) is 0.864. The van der Waals surface area contributed by atoms with Gasteiger partial charge in [0.15, 0.2) is 0 Å². The number of hydrogen-bond donors (Lipinski definition) is 1. The van der Waals surface area contributed by atoms with Crippen LogP contribution in [-0.2, 0) is 4.74 Å². The molecule has 1 aliphatic heterocycles. The number of carbonyl (C=O) groups excluding carboxylic acids is 1. The van der Waals surface area contributed by atoms with Crippen LogP contribution in [0.2, 0.25) is 0 Å². The van der Waals surface area contributed by atoms with Crippen LogP contribution in [0.5, 0.6) is 0 Å². The molecule has 2 rings (SSSR count). The van der Waals surface area contributed by atoms with Gasteiger partial charge in [-0.3, -0.25) is 4.79 Å². The predicted molar refractivity (Wildman–Crippen MR) is 71.3 cm³/mol. The molecule has 0 bridgehead atoms. The molecule has 1 amide bonds. The van der Waals surface area contributed by atoms with Crippen LogP contribution in [0, 0.1) is 17.6 Å². The molecule has 2 N–H and O–H groups in total. The van der Waals surface area contributed by atoms with Crippen molar-refractivity contribution < 1.29 is 18.3 Å². The van der Waals surface area contributed by atoms with Crippen LogP contribution in [0.1, 0.15) is 23.2 Å². The SMILES string of the molecule is COCC1CCCN(C(=O)c2cc(F)c(N)c(F)c2)C1. The molecule has 0 aliphatic carbocycles. The molecule has 1 unspecified atom stereocenters. The molecule has 1 fully saturated rings. The summed E-state index contributed by atoms with van der Waals surface area (Å²) in [5.41, 5.74) is 4.63. The second kappa shape index (κ2) is 6.17. The zero-order chi connectivity index (χ0) is 14.7. The van der Waals surface area contributed by atoms with E-state index in [0.717, 1.165) is 25.0 Å². The van der Waals surface area contributed by atoms with Crippen LogP contribution < -0.4 is 5.73 Å². The summed E-state index contributed by atoms with van der Waals surface area (Å²) in [5, 5.41) is 0. The largest absolute Gasteiger partial charge is 0.394 e. The third-order valence-corrected chi connectivity index (χ3v) is 3.53. The molecule has 4 nitrogen and oxygen atoms in total. The van der Waals surface area contributed by atoms with Gasteiger partial charge in [0, 0.05) is 25.8 Å². The van der Waals surface area contributed by atoms with Crippen LogP contribution >= 0.6 is 0 Å². The summed E-state index contributed by atoms with van der Waals surface area (Å²) in [7, 11) is 1.62. The molecule has 20 heavy (non-hydrogen) atoms. The molecule has 0 saturated carbocycles. The molecular weight excluding hydrogens is 266 g/mol. The maximum atomic E-state index is 13.4. The third kappa shape index (κ3) is 3.07. The standard InChI is InChI=1S/C14H18F2N2O2/c1-20-8-9-3-2-4-18(7-9)14(19)10-5-11(15)13(17)12(16)6-10/h5-6,9H,2-4,7-8,17H2,1H3. The number of ether oxygens (including phenoxy) is 1. The zero-order valence-electron chi connectivity index (χ0n) is 11.4. The Kier molecular flexibility index (Phi) is 4.54. The maximum Gasteiger partial charge on any atom is 0.254 e. The highest BCUT2D eigenvalue weighted by Crippen LogP contribution is 2.22. The van der Waals surface area contributed by atoms with E-state index in [2.05, 4.69) is 0 Å². The molecule has 0 spiro atoms. The van der Waals surface area contributed by atoms with Gasteiger partial charge in [0.1, 0.15) is 17.3 Å². The molecule has 1 aliphatic rings. The van der Waals surface area contributed by atoms with Crippen LogP contribution in [0.4, 0.5) is 14.5 Å². The Bertz CT molecular complexity index is 483. The van der Waals surface area contributed by atoms with Gasteiger partial charge < -0.3 is 15.4 Å². The highest BCUT2D eigenvalue weighted by atomic mass is 19.1. The topological polar surface area (TPSA) is 55.6 Å². The van der Waals surface area contributed by atoms with E-state index in [-0.39, 0.29) is 17.4 Å². The lowest BCUT2D eigenvalue weighted by Gasteiger charge is -2.32. The lowest BCUT2D eigenvalue weighted by atomic mass is 9.98. The Balaban J connectivity index is 2.14. The summed E-state index contributed by atoms with van der Waals surface area (Å²) in [5.74, 6) is -1.91. The molecular formula is C14H18F2N2O2. The highest BCUT2D eigenvalue weighted by molar-refractivity contribution is 5.94. The summed E-state index contributed by atoms with van der Waals surface area (Å²) in [6.07, 6.45) is 1.85. The van der Waals surface area contributed by atoms with Gasteiger partial charge in [-0.2, -0.15) is 0 Å². The molecule has 0 aromatic heterocycles. The first-order valence-corrected chi connectivity index (χ1v) is 6.55. The van der Waals surface area contributed by atoms with E-state index in [0.29, 0.717) is 19.7 Å². The Hall–Kier alpha value is -1.69.